The van der Waals surface area contributed by atoms with Crippen LogP contribution in [-0.4, -0.2) is 46.6 Å². The Hall–Kier alpha value is -1.79. The summed E-state index contributed by atoms with van der Waals surface area (Å²) < 4.78 is 2.09. The number of benzene rings is 1. The molecule has 20 heavy (non-hydrogen) atoms. The lowest BCUT2D eigenvalue weighted by Gasteiger charge is -2.30. The van der Waals surface area contributed by atoms with Crippen LogP contribution in [0.25, 0.3) is 0 Å². The molecule has 0 unspecified atom stereocenters. The lowest BCUT2D eigenvalue weighted by molar-refractivity contribution is 0.347. The van der Waals surface area contributed by atoms with Crippen LogP contribution in [0.3, 0.4) is 0 Å². The van der Waals surface area contributed by atoms with Crippen molar-refractivity contribution in [3.63, 3.8) is 0 Å². The number of piperazine rings is 1. The van der Waals surface area contributed by atoms with Gasteiger partial charge in [0.05, 0.1) is 5.69 Å². The third-order valence-corrected chi connectivity index (χ3v) is 4.56. The van der Waals surface area contributed by atoms with Gasteiger partial charge in [-0.1, -0.05) is 12.1 Å². The van der Waals surface area contributed by atoms with E-state index in [1.54, 1.807) is 11.8 Å². The topological polar surface area (TPSA) is 45.5 Å². The molecule has 0 atom stereocenters. The molecule has 0 amide bonds. The van der Waals surface area contributed by atoms with E-state index in [4.69, 9.17) is 4.99 Å². The molecule has 1 saturated heterocycles. The molecular weight excluding hydrogens is 270 g/mol. The molecule has 2 aromatic rings. The third-order valence-electron chi connectivity index (χ3n) is 3.51. The third kappa shape index (κ3) is 2.01. The van der Waals surface area contributed by atoms with Crippen LogP contribution in [0.15, 0.2) is 51.7 Å². The second kappa shape index (κ2) is 4.96. The molecule has 2 aliphatic heterocycles. The molecule has 3 heterocycles. The predicted octanol–water partition coefficient (Wildman–Crippen LogP) is 1.79. The van der Waals surface area contributed by atoms with E-state index in [0.717, 1.165) is 47.9 Å². The molecule has 2 aliphatic rings. The minimum atomic E-state index is 0.975. The first-order valence-electron chi connectivity index (χ1n) is 6.77. The van der Waals surface area contributed by atoms with E-state index in [-0.39, 0.29) is 0 Å². The highest BCUT2D eigenvalue weighted by atomic mass is 32.2. The van der Waals surface area contributed by atoms with Gasteiger partial charge < -0.3 is 10.2 Å². The first-order valence-corrected chi connectivity index (χ1v) is 7.58. The largest absolute Gasteiger partial charge is 0.339 e. The first-order chi connectivity index (χ1) is 9.92. The number of nitrogens with one attached hydrogen (secondary N) is 1. The number of imidazole rings is 1. The quantitative estimate of drug-likeness (QED) is 0.801. The number of hydrogen-bond donors (Lipinski definition) is 1. The summed E-state index contributed by atoms with van der Waals surface area (Å²) in [5.74, 6) is 0.983. The van der Waals surface area contributed by atoms with Crippen molar-refractivity contribution < 1.29 is 0 Å². The summed E-state index contributed by atoms with van der Waals surface area (Å²) in [6.07, 6.45) is 3.84. The summed E-state index contributed by atoms with van der Waals surface area (Å²) in [4.78, 5) is 12.8. The van der Waals surface area contributed by atoms with Crippen molar-refractivity contribution in [1.82, 2.24) is 19.8 Å². The van der Waals surface area contributed by atoms with Crippen molar-refractivity contribution in [3.8, 4) is 0 Å². The normalized spacial score (nSPS) is 18.0. The lowest BCUT2D eigenvalue weighted by Crippen LogP contribution is -2.48. The van der Waals surface area contributed by atoms with Gasteiger partial charge in [0.1, 0.15) is 0 Å². The average Bonchev–Trinajstić information content (AvgIpc) is 2.89. The molecule has 1 fully saturated rings. The molecule has 1 N–H and O–H groups in total. The second-order valence-electron chi connectivity index (χ2n) is 4.80. The van der Waals surface area contributed by atoms with Gasteiger partial charge in [-0.05, 0) is 23.9 Å². The van der Waals surface area contributed by atoms with Gasteiger partial charge in [-0.15, -0.1) is 0 Å². The predicted molar refractivity (Wildman–Crippen MR) is 79.7 cm³/mol. The summed E-state index contributed by atoms with van der Waals surface area (Å²) in [5.41, 5.74) is 1.02. The fourth-order valence-corrected chi connectivity index (χ4v) is 3.42. The molecule has 0 bridgehead atoms. The highest BCUT2D eigenvalue weighted by Gasteiger charge is 2.22. The minimum absolute atomic E-state index is 0.975. The number of para-hydroxylation sites is 1. The fourth-order valence-electron chi connectivity index (χ4n) is 2.50. The van der Waals surface area contributed by atoms with Gasteiger partial charge in [-0.25, -0.2) is 9.98 Å². The maximum Gasteiger partial charge on any atom is 0.212 e. The van der Waals surface area contributed by atoms with Gasteiger partial charge >= 0.3 is 0 Å². The van der Waals surface area contributed by atoms with Crippen molar-refractivity contribution in [2.24, 2.45) is 4.99 Å². The Morgan fingerprint density at radius 2 is 2.00 bits per heavy atom. The average molecular weight is 285 g/mol. The standard InChI is InChI=1S/C14H15N5S/c1-2-4-12-11(3-1)17-13(18-8-5-15-6-9-18)19-10-7-16-14(19)20-12/h1-4,7,10,15H,5-6,8-9H2. The maximum absolute atomic E-state index is 4.89. The van der Waals surface area contributed by atoms with E-state index in [0.29, 0.717) is 0 Å². The summed E-state index contributed by atoms with van der Waals surface area (Å²) >= 11 is 1.67. The molecule has 0 spiro atoms. The van der Waals surface area contributed by atoms with Crippen molar-refractivity contribution in [2.45, 2.75) is 10.1 Å². The Morgan fingerprint density at radius 1 is 1.15 bits per heavy atom. The molecule has 1 aromatic heterocycles. The van der Waals surface area contributed by atoms with Crippen LogP contribution in [0.1, 0.15) is 0 Å². The number of nitrogens with zero attached hydrogens (tertiary/aromatic N) is 4. The maximum atomic E-state index is 4.89. The smallest absolute Gasteiger partial charge is 0.212 e. The zero-order chi connectivity index (χ0) is 13.4. The molecule has 4 rings (SSSR count). The number of aliphatic imine (C=N–C) groups is 1. The molecule has 0 radical (unpaired) electrons. The van der Waals surface area contributed by atoms with E-state index in [1.165, 1.54) is 0 Å². The summed E-state index contributed by atoms with van der Waals surface area (Å²) in [6, 6.07) is 8.25. The van der Waals surface area contributed by atoms with Crippen LogP contribution >= 0.6 is 11.8 Å². The van der Waals surface area contributed by atoms with E-state index < -0.39 is 0 Å². The zero-order valence-electron chi connectivity index (χ0n) is 11.0. The Labute approximate surface area is 121 Å². The molecule has 102 valence electrons. The van der Waals surface area contributed by atoms with Crippen molar-refractivity contribution in [1.29, 1.82) is 0 Å². The number of hydrogen-bond acceptors (Lipinski definition) is 5. The molecule has 5 nitrogen and oxygen atoms in total. The lowest BCUT2D eigenvalue weighted by atomic mass is 10.3. The second-order valence-corrected chi connectivity index (χ2v) is 5.81. The SMILES string of the molecule is c1ccc2c(c1)N=C(N1CCNCC1)n1ccnc1S2. The van der Waals surface area contributed by atoms with Gasteiger partial charge in [0.25, 0.3) is 0 Å². The van der Waals surface area contributed by atoms with Crippen molar-refractivity contribution in [3.05, 3.63) is 36.7 Å². The molecule has 0 saturated carbocycles. The first kappa shape index (κ1) is 12.0. The summed E-state index contributed by atoms with van der Waals surface area (Å²) in [5, 5.41) is 4.36. The van der Waals surface area contributed by atoms with Crippen LogP contribution in [0, 0.1) is 0 Å². The number of fused-ring (bicyclic) bond motifs is 2. The van der Waals surface area contributed by atoms with Crippen LogP contribution in [0.5, 0.6) is 0 Å². The van der Waals surface area contributed by atoms with Crippen LogP contribution in [0.4, 0.5) is 5.69 Å². The van der Waals surface area contributed by atoms with Crippen molar-refractivity contribution in [2.75, 3.05) is 26.2 Å². The van der Waals surface area contributed by atoms with Gasteiger partial charge in [-0.3, -0.25) is 4.57 Å². The Kier molecular flexibility index (Phi) is 2.97. The summed E-state index contributed by atoms with van der Waals surface area (Å²) in [7, 11) is 0. The monoisotopic (exact) mass is 285 g/mol. The van der Waals surface area contributed by atoms with Gasteiger partial charge in [-0.2, -0.15) is 0 Å². The van der Waals surface area contributed by atoms with E-state index >= 15 is 0 Å². The summed E-state index contributed by atoms with van der Waals surface area (Å²) in [6.45, 7) is 3.95. The van der Waals surface area contributed by atoms with E-state index in [2.05, 4.69) is 31.9 Å². The van der Waals surface area contributed by atoms with Gasteiger partial charge in [0.15, 0.2) is 5.16 Å². The number of aromatic nitrogens is 2. The van der Waals surface area contributed by atoms with Gasteiger partial charge in [0.2, 0.25) is 5.96 Å². The molecule has 0 aliphatic carbocycles. The highest BCUT2D eigenvalue weighted by molar-refractivity contribution is 7.99. The highest BCUT2D eigenvalue weighted by Crippen LogP contribution is 2.37. The zero-order valence-corrected chi connectivity index (χ0v) is 11.8. The van der Waals surface area contributed by atoms with Crippen LogP contribution in [0.2, 0.25) is 0 Å². The molecular formula is C14H15N5S. The Balaban J connectivity index is 1.84. The van der Waals surface area contributed by atoms with Crippen LogP contribution < -0.4 is 5.32 Å². The molecule has 6 heteroatoms. The minimum Gasteiger partial charge on any atom is -0.339 e. The number of rotatable bonds is 0. The molecule has 1 aromatic carbocycles. The van der Waals surface area contributed by atoms with E-state index in [9.17, 15) is 0 Å². The fraction of sp³-hybridized carbons (Fsp3) is 0.286. The Bertz CT molecular complexity index is 657. The van der Waals surface area contributed by atoms with Gasteiger partial charge in [0, 0.05) is 43.5 Å². The Morgan fingerprint density at radius 3 is 2.90 bits per heavy atom. The van der Waals surface area contributed by atoms with Crippen LogP contribution in [-0.2, 0) is 0 Å². The van der Waals surface area contributed by atoms with Crippen molar-refractivity contribution >= 4 is 23.4 Å². The van der Waals surface area contributed by atoms with E-state index in [1.807, 2.05) is 24.5 Å².